The van der Waals surface area contributed by atoms with E-state index >= 15 is 0 Å². The molecule has 1 aliphatic carbocycles. The second kappa shape index (κ2) is 5.81. The summed E-state index contributed by atoms with van der Waals surface area (Å²) in [5, 5.41) is 20.2. The first-order valence-electron chi connectivity index (χ1n) is 8.47. The van der Waals surface area contributed by atoms with Crippen molar-refractivity contribution in [2.45, 2.75) is 37.0 Å². The van der Waals surface area contributed by atoms with Gasteiger partial charge in [-0.15, -0.1) is 0 Å². The van der Waals surface area contributed by atoms with Gasteiger partial charge in [0.25, 0.3) is 0 Å². The zero-order valence-electron chi connectivity index (χ0n) is 13.9. The predicted molar refractivity (Wildman–Crippen MR) is 90.5 cm³/mol. The first-order chi connectivity index (χ1) is 12.0. The maximum atomic E-state index is 12.3. The third-order valence-corrected chi connectivity index (χ3v) is 5.33. The average Bonchev–Trinajstić information content (AvgIpc) is 2.84. The summed E-state index contributed by atoms with van der Waals surface area (Å²) in [6.07, 6.45) is 5.23. The third kappa shape index (κ3) is 2.40. The molecule has 1 unspecified atom stereocenters. The van der Waals surface area contributed by atoms with Gasteiger partial charge in [-0.25, -0.2) is 4.79 Å². The van der Waals surface area contributed by atoms with Crippen LogP contribution in [0.1, 0.15) is 24.0 Å². The number of carbonyl (C=O) groups is 1. The molecular formula is C19H21NO5. The van der Waals surface area contributed by atoms with Crippen molar-refractivity contribution in [3.05, 3.63) is 48.1 Å². The number of aromatic hydroxyl groups is 1. The van der Waals surface area contributed by atoms with Gasteiger partial charge in [0, 0.05) is 25.1 Å². The highest BCUT2D eigenvalue weighted by molar-refractivity contribution is 5.69. The van der Waals surface area contributed by atoms with E-state index in [1.165, 1.54) is 0 Å². The highest BCUT2D eigenvalue weighted by Gasteiger charge is 2.53. The van der Waals surface area contributed by atoms with Gasteiger partial charge in [0.15, 0.2) is 11.5 Å². The molecule has 1 amide bonds. The average molecular weight is 343 g/mol. The van der Waals surface area contributed by atoms with Crippen molar-refractivity contribution < 1.29 is 24.5 Å². The Morgan fingerprint density at radius 1 is 1.52 bits per heavy atom. The van der Waals surface area contributed by atoms with E-state index in [4.69, 9.17) is 9.47 Å². The van der Waals surface area contributed by atoms with Crippen molar-refractivity contribution >= 4 is 6.09 Å². The highest BCUT2D eigenvalue weighted by Crippen LogP contribution is 2.55. The van der Waals surface area contributed by atoms with Gasteiger partial charge in [-0.2, -0.15) is 0 Å². The number of phenols is 1. The maximum absolute atomic E-state index is 12.3. The lowest BCUT2D eigenvalue weighted by molar-refractivity contribution is 0.0767. The van der Waals surface area contributed by atoms with E-state index in [1.54, 1.807) is 23.1 Å². The standard InChI is InChI=1S/C19H21NO5/c1-2-9-24-18(23)20-8-7-19-6-5-13(21)10-15(19)25-17-14(22)4-3-12(11-20)16(17)19/h2-6,13,15,21-22H,1,7-11H2/t13-,15-,19?/m0/s1. The third-order valence-electron chi connectivity index (χ3n) is 5.33. The number of nitrogens with zero attached hydrogens (tertiary/aromatic N) is 1. The van der Waals surface area contributed by atoms with E-state index in [-0.39, 0.29) is 24.6 Å². The smallest absolute Gasteiger partial charge is 0.410 e. The van der Waals surface area contributed by atoms with Crippen molar-refractivity contribution in [3.8, 4) is 11.5 Å². The minimum absolute atomic E-state index is 0.0955. The van der Waals surface area contributed by atoms with Crippen LogP contribution in [-0.2, 0) is 16.7 Å². The highest BCUT2D eigenvalue weighted by atomic mass is 16.6. The first-order valence-corrected chi connectivity index (χ1v) is 8.47. The fraction of sp³-hybridized carbons (Fsp3) is 0.421. The molecule has 1 aromatic rings. The van der Waals surface area contributed by atoms with E-state index in [0.717, 1.165) is 11.1 Å². The molecule has 0 aromatic heterocycles. The number of hydrogen-bond donors (Lipinski definition) is 2. The van der Waals surface area contributed by atoms with Gasteiger partial charge < -0.3 is 24.6 Å². The molecule has 2 aliphatic heterocycles. The van der Waals surface area contributed by atoms with Crippen molar-refractivity contribution in [2.75, 3.05) is 13.2 Å². The Morgan fingerprint density at radius 2 is 2.36 bits per heavy atom. The zero-order chi connectivity index (χ0) is 17.6. The number of phenolic OH excluding ortho intramolecular Hbond substituents is 1. The van der Waals surface area contributed by atoms with E-state index in [9.17, 15) is 15.0 Å². The zero-order valence-corrected chi connectivity index (χ0v) is 13.9. The molecule has 2 N–H and O–H groups in total. The summed E-state index contributed by atoms with van der Waals surface area (Å²) in [7, 11) is 0. The minimum Gasteiger partial charge on any atom is -0.504 e. The molecule has 1 spiro atoms. The quantitative estimate of drug-likeness (QED) is 0.805. The Kier molecular flexibility index (Phi) is 3.72. The molecular weight excluding hydrogens is 322 g/mol. The fourth-order valence-electron chi connectivity index (χ4n) is 4.16. The van der Waals surface area contributed by atoms with Crippen molar-refractivity contribution in [1.29, 1.82) is 0 Å². The van der Waals surface area contributed by atoms with Gasteiger partial charge in [0.2, 0.25) is 0 Å². The second-order valence-corrected chi connectivity index (χ2v) is 6.79. The Labute approximate surface area is 146 Å². The number of hydrogen-bond acceptors (Lipinski definition) is 5. The summed E-state index contributed by atoms with van der Waals surface area (Å²) >= 11 is 0. The summed E-state index contributed by atoms with van der Waals surface area (Å²) in [5.74, 6) is 0.570. The molecule has 3 atom stereocenters. The Hall–Kier alpha value is -2.47. The molecule has 1 aromatic carbocycles. The Bertz CT molecular complexity index is 758. The van der Waals surface area contributed by atoms with Gasteiger partial charge in [-0.05, 0) is 18.1 Å². The summed E-state index contributed by atoms with van der Waals surface area (Å²) in [4.78, 5) is 14.0. The molecule has 4 rings (SSSR count). The van der Waals surface area contributed by atoms with E-state index in [1.807, 2.05) is 12.1 Å². The Balaban J connectivity index is 1.76. The lowest BCUT2D eigenvalue weighted by Gasteiger charge is -2.35. The lowest BCUT2D eigenvalue weighted by atomic mass is 9.69. The van der Waals surface area contributed by atoms with Crippen LogP contribution >= 0.6 is 0 Å². The Morgan fingerprint density at radius 3 is 3.16 bits per heavy atom. The molecule has 6 heteroatoms. The van der Waals surface area contributed by atoms with Gasteiger partial charge in [-0.1, -0.05) is 30.9 Å². The number of aliphatic hydroxyl groups is 1. The van der Waals surface area contributed by atoms with Crippen LogP contribution in [0.3, 0.4) is 0 Å². The van der Waals surface area contributed by atoms with Gasteiger partial charge >= 0.3 is 6.09 Å². The largest absolute Gasteiger partial charge is 0.504 e. The molecule has 0 fully saturated rings. The van der Waals surface area contributed by atoms with E-state index < -0.39 is 11.5 Å². The summed E-state index contributed by atoms with van der Waals surface area (Å²) < 4.78 is 11.2. The van der Waals surface area contributed by atoms with Crippen molar-refractivity contribution in [2.24, 2.45) is 0 Å². The van der Waals surface area contributed by atoms with E-state index in [0.29, 0.717) is 31.7 Å². The van der Waals surface area contributed by atoms with Crippen LogP contribution < -0.4 is 4.74 Å². The second-order valence-electron chi connectivity index (χ2n) is 6.79. The van der Waals surface area contributed by atoms with Crippen molar-refractivity contribution in [3.63, 3.8) is 0 Å². The number of benzene rings is 1. The van der Waals surface area contributed by atoms with E-state index in [2.05, 4.69) is 6.58 Å². The van der Waals surface area contributed by atoms with Crippen LogP contribution in [-0.4, -0.2) is 46.6 Å². The topological polar surface area (TPSA) is 79.2 Å². The van der Waals surface area contributed by atoms with Gasteiger partial charge in [-0.3, -0.25) is 0 Å². The van der Waals surface area contributed by atoms with Gasteiger partial charge in [0.1, 0.15) is 12.7 Å². The van der Waals surface area contributed by atoms with Crippen LogP contribution in [0.25, 0.3) is 0 Å². The molecule has 0 radical (unpaired) electrons. The fourth-order valence-corrected chi connectivity index (χ4v) is 4.16. The van der Waals surface area contributed by atoms with Crippen LogP contribution in [0.5, 0.6) is 11.5 Å². The SMILES string of the molecule is C=CCOC(=O)N1CCC23C=C[C@H](O)C[C@@H]2Oc2c(O)ccc(c23)C1. The summed E-state index contributed by atoms with van der Waals surface area (Å²) in [6, 6.07) is 3.43. The molecule has 0 bridgehead atoms. The maximum Gasteiger partial charge on any atom is 0.410 e. The van der Waals surface area contributed by atoms with Crippen LogP contribution in [0, 0.1) is 0 Å². The molecule has 6 nitrogen and oxygen atoms in total. The molecule has 2 heterocycles. The monoisotopic (exact) mass is 343 g/mol. The molecule has 0 saturated heterocycles. The number of amides is 1. The summed E-state index contributed by atoms with van der Waals surface area (Å²) in [5.41, 5.74) is 1.43. The number of rotatable bonds is 2. The van der Waals surface area contributed by atoms with Crippen LogP contribution in [0.15, 0.2) is 36.9 Å². The minimum atomic E-state index is -0.563. The van der Waals surface area contributed by atoms with Crippen molar-refractivity contribution in [1.82, 2.24) is 4.90 Å². The van der Waals surface area contributed by atoms with Crippen LogP contribution in [0.4, 0.5) is 4.79 Å². The normalized spacial score (nSPS) is 29.2. The predicted octanol–water partition coefficient (Wildman–Crippen LogP) is 2.24. The summed E-state index contributed by atoms with van der Waals surface area (Å²) in [6.45, 7) is 4.64. The number of aliphatic hydroxyl groups excluding tert-OH is 1. The van der Waals surface area contributed by atoms with Gasteiger partial charge in [0.05, 0.1) is 11.5 Å². The number of ether oxygens (including phenoxy) is 2. The molecule has 0 saturated carbocycles. The number of carbonyl (C=O) groups excluding carboxylic acids is 1. The molecule has 25 heavy (non-hydrogen) atoms. The molecule has 3 aliphatic rings. The first kappa shape index (κ1) is 16.0. The molecule has 132 valence electrons. The van der Waals surface area contributed by atoms with Crippen LogP contribution in [0.2, 0.25) is 0 Å². The lowest BCUT2D eigenvalue weighted by Crippen LogP contribution is -2.43.